The molecule has 2 aromatic rings. The maximum atomic E-state index is 5.95. The van der Waals surface area contributed by atoms with Gasteiger partial charge in [0.2, 0.25) is 0 Å². The molecule has 0 saturated heterocycles. The first kappa shape index (κ1) is 17.6. The van der Waals surface area contributed by atoms with Crippen LogP contribution in [0.25, 0.3) is 0 Å². The van der Waals surface area contributed by atoms with E-state index in [1.165, 1.54) is 11.1 Å². The average molecular weight is 350 g/mol. The number of hydrogen-bond donors (Lipinski definition) is 1. The molecule has 5 heteroatoms. The molecule has 0 amide bonds. The molecular weight excluding hydrogens is 330 g/mol. The van der Waals surface area contributed by atoms with Crippen LogP contribution < -0.4 is 15.2 Å². The van der Waals surface area contributed by atoms with Crippen LogP contribution in [0.15, 0.2) is 30.3 Å². The Labute approximate surface area is 147 Å². The minimum Gasteiger partial charge on any atom is -0.490 e. The molecule has 0 spiro atoms. The van der Waals surface area contributed by atoms with Gasteiger partial charge in [-0.3, -0.25) is 0 Å². The Bertz CT molecular complexity index is 731. The number of halogens is 1. The van der Waals surface area contributed by atoms with E-state index in [1.807, 2.05) is 6.07 Å². The lowest BCUT2D eigenvalue weighted by molar-refractivity contribution is 0.216. The number of rotatable bonds is 6. The monoisotopic (exact) mass is 349 g/mol. The Kier molecular flexibility index (Phi) is 5.85. The summed E-state index contributed by atoms with van der Waals surface area (Å²) >= 11 is 11.0. The second kappa shape index (κ2) is 7.66. The molecule has 0 bridgehead atoms. The van der Waals surface area contributed by atoms with E-state index in [1.54, 1.807) is 18.2 Å². The van der Waals surface area contributed by atoms with Crippen molar-refractivity contribution in [2.75, 3.05) is 13.2 Å². The van der Waals surface area contributed by atoms with Gasteiger partial charge >= 0.3 is 0 Å². The van der Waals surface area contributed by atoms with Gasteiger partial charge in [-0.2, -0.15) is 0 Å². The second-order valence-corrected chi connectivity index (χ2v) is 6.28. The summed E-state index contributed by atoms with van der Waals surface area (Å²) in [7, 11) is 0. The highest BCUT2D eigenvalue weighted by atomic mass is 35.5. The molecule has 23 heavy (non-hydrogen) atoms. The van der Waals surface area contributed by atoms with Gasteiger partial charge in [-0.05, 0) is 61.7 Å². The van der Waals surface area contributed by atoms with Gasteiger partial charge in [0.25, 0.3) is 0 Å². The zero-order valence-corrected chi connectivity index (χ0v) is 15.1. The average Bonchev–Trinajstić information content (AvgIpc) is 2.49. The maximum absolute atomic E-state index is 5.95. The molecule has 0 unspecified atom stereocenters. The SMILES string of the molecule is Cc1cc(C)c(C)c(OCCOc2ccc(Cl)cc2C(N)=S)c1. The van der Waals surface area contributed by atoms with Crippen LogP contribution in [0.1, 0.15) is 22.3 Å². The van der Waals surface area contributed by atoms with E-state index in [-0.39, 0.29) is 4.99 Å². The first-order valence-corrected chi connectivity index (χ1v) is 8.10. The quantitative estimate of drug-likeness (QED) is 0.621. The molecule has 0 aliphatic heterocycles. The fourth-order valence-electron chi connectivity index (χ4n) is 2.27. The normalized spacial score (nSPS) is 10.4. The summed E-state index contributed by atoms with van der Waals surface area (Å²) in [6.45, 7) is 7.01. The molecule has 2 aromatic carbocycles. The molecule has 122 valence electrons. The molecule has 0 heterocycles. The van der Waals surface area contributed by atoms with Gasteiger partial charge < -0.3 is 15.2 Å². The van der Waals surface area contributed by atoms with Crippen LogP contribution in [0.2, 0.25) is 5.02 Å². The van der Waals surface area contributed by atoms with Crippen molar-refractivity contribution in [1.29, 1.82) is 0 Å². The van der Waals surface area contributed by atoms with E-state index in [0.29, 0.717) is 29.5 Å². The summed E-state index contributed by atoms with van der Waals surface area (Å²) in [4.78, 5) is 0.258. The minimum atomic E-state index is 0.258. The third kappa shape index (κ3) is 4.60. The van der Waals surface area contributed by atoms with Crippen molar-refractivity contribution in [3.05, 3.63) is 57.6 Å². The van der Waals surface area contributed by atoms with Crippen molar-refractivity contribution in [3.63, 3.8) is 0 Å². The smallest absolute Gasteiger partial charge is 0.129 e. The highest BCUT2D eigenvalue weighted by Crippen LogP contribution is 2.24. The summed E-state index contributed by atoms with van der Waals surface area (Å²) in [5.41, 5.74) is 9.87. The Morgan fingerprint density at radius 3 is 2.35 bits per heavy atom. The predicted molar refractivity (Wildman–Crippen MR) is 99.0 cm³/mol. The fourth-order valence-corrected chi connectivity index (χ4v) is 2.61. The third-order valence-corrected chi connectivity index (χ3v) is 4.02. The van der Waals surface area contributed by atoms with Crippen molar-refractivity contribution in [2.24, 2.45) is 5.73 Å². The zero-order valence-electron chi connectivity index (χ0n) is 13.5. The van der Waals surface area contributed by atoms with E-state index < -0.39 is 0 Å². The fraction of sp³-hybridized carbons (Fsp3) is 0.278. The van der Waals surface area contributed by atoms with Gasteiger partial charge in [0.1, 0.15) is 29.7 Å². The molecule has 0 radical (unpaired) electrons. The van der Waals surface area contributed by atoms with Gasteiger partial charge in [-0.1, -0.05) is 29.9 Å². The number of aryl methyl sites for hydroxylation is 2. The van der Waals surface area contributed by atoms with Crippen molar-refractivity contribution < 1.29 is 9.47 Å². The van der Waals surface area contributed by atoms with Crippen LogP contribution in [0, 0.1) is 20.8 Å². The molecule has 0 aliphatic carbocycles. The number of nitrogens with two attached hydrogens (primary N) is 1. The van der Waals surface area contributed by atoms with Gasteiger partial charge in [-0.15, -0.1) is 0 Å². The number of hydrogen-bond acceptors (Lipinski definition) is 3. The lowest BCUT2D eigenvalue weighted by Gasteiger charge is -2.14. The molecule has 0 aliphatic rings. The topological polar surface area (TPSA) is 44.5 Å². The Hall–Kier alpha value is -1.78. The molecular formula is C18H20ClNO2S. The van der Waals surface area contributed by atoms with Gasteiger partial charge in [0, 0.05) is 5.02 Å². The maximum Gasteiger partial charge on any atom is 0.129 e. The van der Waals surface area contributed by atoms with Crippen LogP contribution in [-0.2, 0) is 0 Å². The van der Waals surface area contributed by atoms with E-state index >= 15 is 0 Å². The highest BCUT2D eigenvalue weighted by Gasteiger charge is 2.08. The van der Waals surface area contributed by atoms with Crippen molar-refractivity contribution in [2.45, 2.75) is 20.8 Å². The second-order valence-electron chi connectivity index (χ2n) is 5.41. The van der Waals surface area contributed by atoms with Gasteiger partial charge in [-0.25, -0.2) is 0 Å². The van der Waals surface area contributed by atoms with E-state index in [4.69, 9.17) is 39.0 Å². The van der Waals surface area contributed by atoms with Crippen LogP contribution in [-0.4, -0.2) is 18.2 Å². The highest BCUT2D eigenvalue weighted by molar-refractivity contribution is 7.80. The van der Waals surface area contributed by atoms with Crippen LogP contribution in [0.4, 0.5) is 0 Å². The molecule has 0 aromatic heterocycles. The number of ether oxygens (including phenoxy) is 2. The van der Waals surface area contributed by atoms with Crippen LogP contribution >= 0.6 is 23.8 Å². The van der Waals surface area contributed by atoms with E-state index in [0.717, 1.165) is 11.3 Å². The molecule has 0 fully saturated rings. The number of thiocarbonyl (C=S) groups is 1. The number of benzene rings is 2. The lowest BCUT2D eigenvalue weighted by Crippen LogP contribution is -2.15. The summed E-state index contributed by atoms with van der Waals surface area (Å²) in [5.74, 6) is 1.50. The zero-order chi connectivity index (χ0) is 17.0. The van der Waals surface area contributed by atoms with E-state index in [9.17, 15) is 0 Å². The van der Waals surface area contributed by atoms with Crippen molar-refractivity contribution in [3.8, 4) is 11.5 Å². The van der Waals surface area contributed by atoms with Gasteiger partial charge in [0.15, 0.2) is 0 Å². The summed E-state index contributed by atoms with van der Waals surface area (Å²) in [6.07, 6.45) is 0. The minimum absolute atomic E-state index is 0.258. The van der Waals surface area contributed by atoms with Crippen LogP contribution in [0.5, 0.6) is 11.5 Å². The molecule has 2 N–H and O–H groups in total. The Morgan fingerprint density at radius 1 is 1.04 bits per heavy atom. The largest absolute Gasteiger partial charge is 0.490 e. The molecule has 0 saturated carbocycles. The Morgan fingerprint density at radius 2 is 1.70 bits per heavy atom. The van der Waals surface area contributed by atoms with Gasteiger partial charge in [0.05, 0.1) is 5.56 Å². The first-order valence-electron chi connectivity index (χ1n) is 7.31. The summed E-state index contributed by atoms with van der Waals surface area (Å²) in [5, 5.41) is 0.572. The van der Waals surface area contributed by atoms with E-state index in [2.05, 4.69) is 26.8 Å². The van der Waals surface area contributed by atoms with Crippen molar-refractivity contribution in [1.82, 2.24) is 0 Å². The lowest BCUT2D eigenvalue weighted by atomic mass is 10.1. The Balaban J connectivity index is 1.98. The molecule has 0 atom stereocenters. The third-order valence-electron chi connectivity index (χ3n) is 3.57. The molecule has 2 rings (SSSR count). The molecule has 3 nitrogen and oxygen atoms in total. The standard InChI is InChI=1S/C18H20ClNO2S/c1-11-8-12(2)13(3)17(9-11)22-7-6-21-16-5-4-14(19)10-15(16)18(20)23/h4-5,8-10H,6-7H2,1-3H3,(H2,20,23). The van der Waals surface area contributed by atoms with Crippen molar-refractivity contribution >= 4 is 28.8 Å². The summed E-state index contributed by atoms with van der Waals surface area (Å²) < 4.78 is 11.6. The summed E-state index contributed by atoms with van der Waals surface area (Å²) in [6, 6.07) is 9.38. The van der Waals surface area contributed by atoms with Crippen LogP contribution in [0.3, 0.4) is 0 Å². The first-order chi connectivity index (χ1) is 10.9. The predicted octanol–water partition coefficient (Wildman–Crippen LogP) is 4.36.